The maximum Gasteiger partial charge on any atom is 0.252 e. The molecule has 5 heteroatoms. The van der Waals surface area contributed by atoms with Crippen molar-refractivity contribution in [3.8, 4) is 5.69 Å². The lowest BCUT2D eigenvalue weighted by molar-refractivity contribution is 0.0937. The second-order valence-electron chi connectivity index (χ2n) is 6.04. The van der Waals surface area contributed by atoms with E-state index in [0.717, 1.165) is 29.4 Å². The molecule has 22 heavy (non-hydrogen) atoms. The Hall–Kier alpha value is -2.69. The lowest BCUT2D eigenvalue weighted by Crippen LogP contribution is -2.34. The molecule has 0 spiro atoms. The van der Waals surface area contributed by atoms with Crippen LogP contribution in [0.15, 0.2) is 48.9 Å². The van der Waals surface area contributed by atoms with Gasteiger partial charge in [0, 0.05) is 23.3 Å². The van der Waals surface area contributed by atoms with Crippen molar-refractivity contribution in [2.24, 2.45) is 0 Å². The zero-order valence-electron chi connectivity index (χ0n) is 12.3. The molecular weight excluding hydrogens is 276 g/mol. The third-order valence-electron chi connectivity index (χ3n) is 4.12. The fraction of sp³-hybridized carbons (Fsp3) is 0.235. The summed E-state index contributed by atoms with van der Waals surface area (Å²) in [5.41, 5.74) is 2.32. The van der Waals surface area contributed by atoms with Crippen molar-refractivity contribution in [2.45, 2.75) is 25.3 Å². The van der Waals surface area contributed by atoms with Gasteiger partial charge >= 0.3 is 0 Å². The van der Waals surface area contributed by atoms with E-state index in [1.54, 1.807) is 17.1 Å². The van der Waals surface area contributed by atoms with Gasteiger partial charge in [0.15, 0.2) is 0 Å². The molecule has 2 heterocycles. The Morgan fingerprint density at radius 3 is 2.86 bits per heavy atom. The van der Waals surface area contributed by atoms with Gasteiger partial charge in [0.1, 0.15) is 0 Å². The Bertz CT molecular complexity index is 849. The SMILES string of the molecule is CC1(NC(=O)c2cccc3nn(-c4cccnc4)cc23)CC1. The highest BCUT2D eigenvalue weighted by molar-refractivity contribution is 6.06. The Labute approximate surface area is 128 Å². The standard InChI is InChI=1S/C17H16N4O/c1-17(7-8-17)19-16(22)13-5-2-6-15-14(13)11-21(20-15)12-4-3-9-18-10-12/h2-6,9-11H,7-8H2,1H3,(H,19,22). The van der Waals surface area contributed by atoms with Crippen LogP contribution in [0.2, 0.25) is 0 Å². The fourth-order valence-electron chi connectivity index (χ4n) is 2.52. The molecule has 0 unspecified atom stereocenters. The molecule has 3 aromatic rings. The van der Waals surface area contributed by atoms with Gasteiger partial charge < -0.3 is 5.32 Å². The average Bonchev–Trinajstić information content (AvgIpc) is 3.10. The number of nitrogens with zero attached hydrogens (tertiary/aromatic N) is 3. The molecule has 1 saturated carbocycles. The summed E-state index contributed by atoms with van der Waals surface area (Å²) in [7, 11) is 0. The normalized spacial score (nSPS) is 15.7. The zero-order valence-corrected chi connectivity index (χ0v) is 12.3. The van der Waals surface area contributed by atoms with Gasteiger partial charge in [-0.3, -0.25) is 9.78 Å². The first kappa shape index (κ1) is 13.0. The lowest BCUT2D eigenvalue weighted by Gasteiger charge is -2.11. The van der Waals surface area contributed by atoms with E-state index >= 15 is 0 Å². The monoisotopic (exact) mass is 292 g/mol. The second-order valence-corrected chi connectivity index (χ2v) is 6.04. The maximum atomic E-state index is 12.5. The van der Waals surface area contributed by atoms with E-state index in [0.29, 0.717) is 5.56 Å². The summed E-state index contributed by atoms with van der Waals surface area (Å²) >= 11 is 0. The highest BCUT2D eigenvalue weighted by Crippen LogP contribution is 2.34. The molecule has 1 aromatic carbocycles. The average molecular weight is 292 g/mol. The van der Waals surface area contributed by atoms with Crippen molar-refractivity contribution in [3.63, 3.8) is 0 Å². The minimum Gasteiger partial charge on any atom is -0.347 e. The maximum absolute atomic E-state index is 12.5. The van der Waals surface area contributed by atoms with Crippen molar-refractivity contribution >= 4 is 16.8 Å². The largest absolute Gasteiger partial charge is 0.347 e. The van der Waals surface area contributed by atoms with Crippen LogP contribution in [0.5, 0.6) is 0 Å². The van der Waals surface area contributed by atoms with Crippen LogP contribution in [-0.4, -0.2) is 26.2 Å². The molecule has 0 atom stereocenters. The van der Waals surface area contributed by atoms with Gasteiger partial charge in [-0.15, -0.1) is 0 Å². The van der Waals surface area contributed by atoms with Crippen LogP contribution in [0, 0.1) is 0 Å². The second kappa shape index (κ2) is 4.66. The van der Waals surface area contributed by atoms with Crippen molar-refractivity contribution in [3.05, 3.63) is 54.5 Å². The summed E-state index contributed by atoms with van der Waals surface area (Å²) in [6.07, 6.45) is 7.45. The number of pyridine rings is 1. The van der Waals surface area contributed by atoms with Gasteiger partial charge in [-0.2, -0.15) is 5.10 Å². The number of hydrogen-bond acceptors (Lipinski definition) is 3. The van der Waals surface area contributed by atoms with E-state index in [9.17, 15) is 4.79 Å². The first-order valence-electron chi connectivity index (χ1n) is 7.36. The third-order valence-corrected chi connectivity index (χ3v) is 4.12. The molecule has 0 aliphatic heterocycles. The molecule has 1 N–H and O–H groups in total. The van der Waals surface area contributed by atoms with Crippen LogP contribution in [0.4, 0.5) is 0 Å². The van der Waals surface area contributed by atoms with Gasteiger partial charge in [0.2, 0.25) is 0 Å². The zero-order chi connectivity index (χ0) is 15.2. The number of nitrogens with one attached hydrogen (secondary N) is 1. The summed E-state index contributed by atoms with van der Waals surface area (Å²) in [5.74, 6) is -0.0312. The Morgan fingerprint density at radius 1 is 1.27 bits per heavy atom. The van der Waals surface area contributed by atoms with Crippen molar-refractivity contribution in [2.75, 3.05) is 0 Å². The molecule has 4 rings (SSSR count). The Morgan fingerprint density at radius 2 is 2.14 bits per heavy atom. The van der Waals surface area contributed by atoms with Crippen molar-refractivity contribution < 1.29 is 4.79 Å². The number of carbonyl (C=O) groups is 1. The van der Waals surface area contributed by atoms with Crippen molar-refractivity contribution in [1.29, 1.82) is 0 Å². The predicted octanol–water partition coefficient (Wildman–Crippen LogP) is 2.70. The first-order chi connectivity index (χ1) is 10.6. The van der Waals surface area contributed by atoms with Crippen molar-refractivity contribution in [1.82, 2.24) is 20.1 Å². The molecule has 1 aliphatic carbocycles. The molecule has 2 aromatic heterocycles. The summed E-state index contributed by atoms with van der Waals surface area (Å²) in [5, 5.41) is 8.49. The molecule has 110 valence electrons. The van der Waals surface area contributed by atoms with Crippen LogP contribution in [0.3, 0.4) is 0 Å². The molecule has 5 nitrogen and oxygen atoms in total. The number of hydrogen-bond donors (Lipinski definition) is 1. The number of aromatic nitrogens is 3. The summed E-state index contributed by atoms with van der Waals surface area (Å²) in [6, 6.07) is 9.43. The summed E-state index contributed by atoms with van der Waals surface area (Å²) in [4.78, 5) is 16.6. The molecular formula is C17H16N4O. The first-order valence-corrected chi connectivity index (χ1v) is 7.36. The number of rotatable bonds is 3. The van der Waals surface area contributed by atoms with Gasteiger partial charge in [-0.05, 0) is 44.0 Å². The third kappa shape index (κ3) is 2.24. The van der Waals surface area contributed by atoms with Crippen LogP contribution < -0.4 is 5.32 Å². The minimum absolute atomic E-state index is 0.0292. The highest BCUT2D eigenvalue weighted by atomic mass is 16.1. The van der Waals surface area contributed by atoms with Gasteiger partial charge in [-0.1, -0.05) is 6.07 Å². The highest BCUT2D eigenvalue weighted by Gasteiger charge is 2.39. The topological polar surface area (TPSA) is 59.8 Å². The smallest absolute Gasteiger partial charge is 0.252 e. The minimum atomic E-state index is -0.0312. The Balaban J connectivity index is 1.76. The number of amides is 1. The van der Waals surface area contributed by atoms with Crippen LogP contribution in [0.25, 0.3) is 16.6 Å². The summed E-state index contributed by atoms with van der Waals surface area (Å²) in [6.45, 7) is 2.07. The van der Waals surface area contributed by atoms with Gasteiger partial charge in [0.25, 0.3) is 5.91 Å². The van der Waals surface area contributed by atoms with Gasteiger partial charge in [-0.25, -0.2) is 4.68 Å². The Kier molecular flexibility index (Phi) is 2.76. The molecule has 1 aliphatic rings. The van der Waals surface area contributed by atoms with Crippen LogP contribution >= 0.6 is 0 Å². The van der Waals surface area contributed by atoms with E-state index in [4.69, 9.17) is 0 Å². The number of benzene rings is 1. The molecule has 0 bridgehead atoms. The van der Waals surface area contributed by atoms with E-state index < -0.39 is 0 Å². The van der Waals surface area contributed by atoms with E-state index in [1.807, 2.05) is 36.5 Å². The molecule has 1 fully saturated rings. The molecule has 0 saturated heterocycles. The number of fused-ring (bicyclic) bond motifs is 1. The fourth-order valence-corrected chi connectivity index (χ4v) is 2.52. The number of carbonyl (C=O) groups excluding carboxylic acids is 1. The van der Waals surface area contributed by atoms with E-state index in [-0.39, 0.29) is 11.4 Å². The molecule has 1 amide bonds. The molecule has 0 radical (unpaired) electrons. The predicted molar refractivity (Wildman–Crippen MR) is 84.0 cm³/mol. The van der Waals surface area contributed by atoms with E-state index in [2.05, 4.69) is 22.3 Å². The lowest BCUT2D eigenvalue weighted by atomic mass is 10.1. The quantitative estimate of drug-likeness (QED) is 0.807. The van der Waals surface area contributed by atoms with Crippen LogP contribution in [0.1, 0.15) is 30.1 Å². The van der Waals surface area contributed by atoms with E-state index in [1.165, 1.54) is 0 Å². The van der Waals surface area contributed by atoms with Crippen LogP contribution in [-0.2, 0) is 0 Å². The summed E-state index contributed by atoms with van der Waals surface area (Å²) < 4.78 is 1.76. The van der Waals surface area contributed by atoms with Gasteiger partial charge in [0.05, 0.1) is 23.0 Å².